The molecule has 3 aromatic carbocycles. The van der Waals surface area contributed by atoms with Gasteiger partial charge in [-0.1, -0.05) is 29.8 Å². The van der Waals surface area contributed by atoms with Crippen molar-refractivity contribution in [2.24, 2.45) is 0 Å². The van der Waals surface area contributed by atoms with Crippen LogP contribution >= 0.6 is 0 Å². The summed E-state index contributed by atoms with van der Waals surface area (Å²) in [4.78, 5) is 2.26. The lowest BCUT2D eigenvalue weighted by Gasteiger charge is -2.39. The van der Waals surface area contributed by atoms with Gasteiger partial charge in [0.15, 0.2) is 0 Å². The molecule has 4 nitrogen and oxygen atoms in total. The highest BCUT2D eigenvalue weighted by Crippen LogP contribution is 2.32. The third-order valence-corrected chi connectivity index (χ3v) is 8.13. The summed E-state index contributed by atoms with van der Waals surface area (Å²) in [7, 11) is -3.89. The van der Waals surface area contributed by atoms with Crippen molar-refractivity contribution in [3.05, 3.63) is 95.3 Å². The zero-order chi connectivity index (χ0) is 25.2. The van der Waals surface area contributed by atoms with Crippen molar-refractivity contribution in [2.45, 2.75) is 43.4 Å². The lowest BCUT2D eigenvalue weighted by atomic mass is 10.0. The largest absolute Gasteiger partial charge is 0.416 e. The number of piperidine rings is 1. The van der Waals surface area contributed by atoms with Gasteiger partial charge in [-0.25, -0.2) is 12.8 Å². The van der Waals surface area contributed by atoms with E-state index >= 15 is 0 Å². The maximum Gasteiger partial charge on any atom is 0.416 e. The summed E-state index contributed by atoms with van der Waals surface area (Å²) in [6.45, 7) is 3.51. The minimum Gasteiger partial charge on any atom is -0.299 e. The predicted octanol–water partition coefficient (Wildman–Crippen LogP) is 6.01. The minimum atomic E-state index is -4.37. The molecule has 0 saturated carbocycles. The van der Waals surface area contributed by atoms with Crippen molar-refractivity contribution in [3.8, 4) is 0 Å². The van der Waals surface area contributed by atoms with E-state index in [-0.39, 0.29) is 10.9 Å². The molecular formula is C26H26F4N2O2S. The Labute approximate surface area is 202 Å². The molecule has 9 heteroatoms. The zero-order valence-corrected chi connectivity index (χ0v) is 20.0. The van der Waals surface area contributed by atoms with Gasteiger partial charge in [0.25, 0.3) is 10.0 Å². The highest BCUT2D eigenvalue weighted by molar-refractivity contribution is 7.92. The number of hydrogen-bond donors (Lipinski definition) is 0. The number of sulfonamides is 1. The van der Waals surface area contributed by atoms with Crippen molar-refractivity contribution in [1.29, 1.82) is 0 Å². The normalized spacial score (nSPS) is 15.8. The second-order valence-corrected chi connectivity index (χ2v) is 10.6. The quantitative estimate of drug-likeness (QED) is 0.385. The van der Waals surface area contributed by atoms with Crippen LogP contribution in [0.3, 0.4) is 0 Å². The Balaban J connectivity index is 1.52. The van der Waals surface area contributed by atoms with Crippen LogP contribution < -0.4 is 4.31 Å². The van der Waals surface area contributed by atoms with Gasteiger partial charge in [-0.2, -0.15) is 13.2 Å². The standard InChI is InChI=1S/C26H26F4N2O2S/c1-19-2-12-25(13-3-19)35(33,34)32(23-10-8-22(27)9-11-23)24-14-16-31(17-15-24)18-20-4-6-21(7-5-20)26(28,29)30/h2-13,24H,14-18H2,1H3. The van der Waals surface area contributed by atoms with E-state index in [1.807, 2.05) is 6.92 Å². The Morgan fingerprint density at radius 1 is 0.886 bits per heavy atom. The Bertz CT molecular complexity index is 1230. The number of likely N-dealkylation sites (tertiary alicyclic amines) is 1. The summed E-state index contributed by atoms with van der Waals surface area (Å²) in [5.41, 5.74) is 1.41. The van der Waals surface area contributed by atoms with Crippen LogP contribution in [0.25, 0.3) is 0 Å². The third-order valence-electron chi connectivity index (χ3n) is 6.24. The van der Waals surface area contributed by atoms with Crippen molar-refractivity contribution in [2.75, 3.05) is 17.4 Å². The average Bonchev–Trinajstić information content (AvgIpc) is 2.82. The zero-order valence-electron chi connectivity index (χ0n) is 19.2. The molecule has 4 rings (SSSR count). The van der Waals surface area contributed by atoms with Crippen LogP contribution in [0, 0.1) is 12.7 Å². The Morgan fingerprint density at radius 2 is 1.46 bits per heavy atom. The monoisotopic (exact) mass is 506 g/mol. The molecule has 0 atom stereocenters. The van der Waals surface area contributed by atoms with E-state index in [0.29, 0.717) is 38.2 Å². The first kappa shape index (κ1) is 25.2. The summed E-state index contributed by atoms with van der Waals surface area (Å²) in [5.74, 6) is -0.451. The molecule has 0 aliphatic carbocycles. The lowest BCUT2D eigenvalue weighted by Crippen LogP contribution is -2.47. The Kier molecular flexibility index (Phi) is 7.19. The van der Waals surface area contributed by atoms with Crippen LogP contribution in [0.15, 0.2) is 77.7 Å². The molecule has 0 spiro atoms. The molecule has 0 amide bonds. The fourth-order valence-corrected chi connectivity index (χ4v) is 6.04. The first-order chi connectivity index (χ1) is 16.5. The van der Waals surface area contributed by atoms with Gasteiger partial charge >= 0.3 is 6.18 Å². The van der Waals surface area contributed by atoms with E-state index in [2.05, 4.69) is 4.90 Å². The van der Waals surface area contributed by atoms with Gasteiger partial charge in [-0.05, 0) is 73.9 Å². The van der Waals surface area contributed by atoms with Gasteiger partial charge in [0.05, 0.1) is 16.1 Å². The first-order valence-electron chi connectivity index (χ1n) is 11.3. The van der Waals surface area contributed by atoms with Crippen molar-refractivity contribution < 1.29 is 26.0 Å². The van der Waals surface area contributed by atoms with Crippen LogP contribution in [0.5, 0.6) is 0 Å². The van der Waals surface area contributed by atoms with Gasteiger partial charge in [0.2, 0.25) is 0 Å². The molecule has 0 N–H and O–H groups in total. The van der Waals surface area contributed by atoms with Crippen LogP contribution in [0.1, 0.15) is 29.5 Å². The summed E-state index contributed by atoms with van der Waals surface area (Å²) < 4.78 is 80.7. The molecule has 1 fully saturated rings. The molecule has 1 saturated heterocycles. The van der Waals surface area contributed by atoms with Crippen molar-refractivity contribution in [3.63, 3.8) is 0 Å². The molecule has 1 heterocycles. The van der Waals surface area contributed by atoms with E-state index in [4.69, 9.17) is 0 Å². The van der Waals surface area contributed by atoms with E-state index in [1.165, 1.54) is 40.7 Å². The van der Waals surface area contributed by atoms with Crippen LogP contribution in [0.2, 0.25) is 0 Å². The minimum absolute atomic E-state index is 0.166. The fourth-order valence-electron chi connectivity index (χ4n) is 4.33. The number of halogens is 4. The molecule has 1 aliphatic rings. The van der Waals surface area contributed by atoms with Gasteiger partial charge < -0.3 is 0 Å². The Hall–Kier alpha value is -2.91. The number of alkyl halides is 3. The average molecular weight is 507 g/mol. The number of rotatable bonds is 6. The van der Waals surface area contributed by atoms with E-state index in [9.17, 15) is 26.0 Å². The van der Waals surface area contributed by atoms with Crippen molar-refractivity contribution in [1.82, 2.24) is 4.90 Å². The van der Waals surface area contributed by atoms with Crippen molar-refractivity contribution >= 4 is 15.7 Å². The van der Waals surface area contributed by atoms with Gasteiger partial charge in [0, 0.05) is 25.7 Å². The van der Waals surface area contributed by atoms with E-state index in [1.54, 1.807) is 24.3 Å². The summed E-state index contributed by atoms with van der Waals surface area (Å²) in [6.07, 6.45) is -3.31. The molecule has 0 radical (unpaired) electrons. The third kappa shape index (κ3) is 5.85. The summed E-state index contributed by atoms with van der Waals surface area (Å²) >= 11 is 0. The number of anilines is 1. The maximum atomic E-state index is 13.6. The van der Waals surface area contributed by atoms with Crippen LogP contribution in [-0.2, 0) is 22.7 Å². The number of nitrogens with zero attached hydrogens (tertiary/aromatic N) is 2. The molecule has 0 unspecified atom stereocenters. The van der Waals surface area contributed by atoms with Gasteiger partial charge in [0.1, 0.15) is 5.82 Å². The molecule has 186 valence electrons. The molecule has 1 aliphatic heterocycles. The van der Waals surface area contributed by atoms with E-state index < -0.39 is 27.6 Å². The number of hydrogen-bond acceptors (Lipinski definition) is 3. The second-order valence-electron chi connectivity index (χ2n) is 8.79. The molecule has 0 bridgehead atoms. The second kappa shape index (κ2) is 9.99. The number of aryl methyl sites for hydroxylation is 1. The lowest BCUT2D eigenvalue weighted by molar-refractivity contribution is -0.137. The molecular weight excluding hydrogens is 480 g/mol. The molecule has 0 aromatic heterocycles. The first-order valence-corrected chi connectivity index (χ1v) is 12.7. The molecule has 3 aromatic rings. The highest BCUT2D eigenvalue weighted by atomic mass is 32.2. The van der Waals surface area contributed by atoms with E-state index in [0.717, 1.165) is 23.3 Å². The Morgan fingerprint density at radius 3 is 2.00 bits per heavy atom. The summed E-state index contributed by atoms with van der Waals surface area (Å²) in [5, 5.41) is 0. The topological polar surface area (TPSA) is 40.6 Å². The summed E-state index contributed by atoms with van der Waals surface area (Å²) in [6, 6.07) is 16.8. The predicted molar refractivity (Wildman–Crippen MR) is 127 cm³/mol. The smallest absolute Gasteiger partial charge is 0.299 e. The number of benzene rings is 3. The van der Waals surface area contributed by atoms with Crippen LogP contribution in [-0.4, -0.2) is 32.4 Å². The van der Waals surface area contributed by atoms with Gasteiger partial charge in [-0.3, -0.25) is 9.21 Å². The SMILES string of the molecule is Cc1ccc(S(=O)(=O)N(c2ccc(F)cc2)C2CCN(Cc3ccc(C(F)(F)F)cc3)CC2)cc1. The fraction of sp³-hybridized carbons (Fsp3) is 0.308. The molecule has 35 heavy (non-hydrogen) atoms. The highest BCUT2D eigenvalue weighted by Gasteiger charge is 2.34. The maximum absolute atomic E-state index is 13.6. The van der Waals surface area contributed by atoms with Crippen LogP contribution in [0.4, 0.5) is 23.2 Å². The van der Waals surface area contributed by atoms with Gasteiger partial charge in [-0.15, -0.1) is 0 Å².